The largest absolute Gasteiger partial charge is 0.490 e. The molecule has 1 N–H and O–H groups in total. The number of rotatable bonds is 3. The second-order valence-electron chi connectivity index (χ2n) is 6.24. The first-order valence-electron chi connectivity index (χ1n) is 8.19. The quantitative estimate of drug-likeness (QED) is 0.930. The third-order valence-corrected chi connectivity index (χ3v) is 4.53. The Kier molecular flexibility index (Phi) is 3.63. The predicted molar refractivity (Wildman–Crippen MR) is 84.1 cm³/mol. The first kappa shape index (κ1) is 15.0. The number of ether oxygens (including phenoxy) is 2. The third-order valence-electron chi connectivity index (χ3n) is 4.53. The molecule has 7 nitrogen and oxygen atoms in total. The SMILES string of the molecule is Cc1nc(C2(NC(=O)c3ccc4c(c3)OCCCO4)CCC2)no1. The first-order chi connectivity index (χ1) is 11.7. The summed E-state index contributed by atoms with van der Waals surface area (Å²) in [6.07, 6.45) is 3.47. The summed E-state index contributed by atoms with van der Waals surface area (Å²) in [5, 5.41) is 7.07. The van der Waals surface area contributed by atoms with Gasteiger partial charge in [0.15, 0.2) is 17.3 Å². The van der Waals surface area contributed by atoms with E-state index in [1.807, 2.05) is 0 Å². The number of fused-ring (bicyclic) bond motifs is 1. The molecule has 1 aromatic carbocycles. The Balaban J connectivity index is 1.56. The van der Waals surface area contributed by atoms with Crippen molar-refractivity contribution >= 4 is 5.91 Å². The van der Waals surface area contributed by atoms with E-state index in [9.17, 15) is 4.79 Å². The summed E-state index contributed by atoms with van der Waals surface area (Å²) in [7, 11) is 0. The zero-order valence-corrected chi connectivity index (χ0v) is 13.5. The lowest BCUT2D eigenvalue weighted by Gasteiger charge is -2.39. The normalized spacial score (nSPS) is 18.4. The highest BCUT2D eigenvalue weighted by Gasteiger charge is 2.44. The van der Waals surface area contributed by atoms with E-state index in [1.54, 1.807) is 25.1 Å². The third kappa shape index (κ3) is 2.60. The zero-order chi connectivity index (χ0) is 16.6. The highest BCUT2D eigenvalue weighted by Crippen LogP contribution is 2.40. The molecule has 0 radical (unpaired) electrons. The Bertz CT molecular complexity index is 767. The first-order valence-corrected chi connectivity index (χ1v) is 8.19. The lowest BCUT2D eigenvalue weighted by molar-refractivity contribution is 0.0804. The van der Waals surface area contributed by atoms with Gasteiger partial charge in [0.2, 0.25) is 5.89 Å². The fraction of sp³-hybridized carbons (Fsp3) is 0.471. The van der Waals surface area contributed by atoms with Crippen LogP contribution in [0, 0.1) is 6.92 Å². The summed E-state index contributed by atoms with van der Waals surface area (Å²) in [6, 6.07) is 5.25. The molecule has 1 aliphatic carbocycles. The molecule has 4 rings (SSSR count). The number of aromatic nitrogens is 2. The number of amides is 1. The van der Waals surface area contributed by atoms with E-state index < -0.39 is 5.54 Å². The van der Waals surface area contributed by atoms with Gasteiger partial charge in [0, 0.05) is 18.9 Å². The second kappa shape index (κ2) is 5.81. The molecule has 0 bridgehead atoms. The van der Waals surface area contributed by atoms with Crippen molar-refractivity contribution < 1.29 is 18.8 Å². The number of aryl methyl sites for hydroxylation is 1. The van der Waals surface area contributed by atoms with Crippen molar-refractivity contribution in [3.63, 3.8) is 0 Å². The molecule has 7 heteroatoms. The van der Waals surface area contributed by atoms with Gasteiger partial charge >= 0.3 is 0 Å². The second-order valence-corrected chi connectivity index (χ2v) is 6.24. The van der Waals surface area contributed by atoms with Crippen LogP contribution in [0.25, 0.3) is 0 Å². The summed E-state index contributed by atoms with van der Waals surface area (Å²) in [5.74, 6) is 2.16. The van der Waals surface area contributed by atoms with Crippen LogP contribution >= 0.6 is 0 Å². The molecule has 0 saturated heterocycles. The van der Waals surface area contributed by atoms with Gasteiger partial charge in [-0.05, 0) is 37.5 Å². The number of hydrogen-bond donors (Lipinski definition) is 1. The van der Waals surface area contributed by atoms with E-state index in [0.29, 0.717) is 42.0 Å². The van der Waals surface area contributed by atoms with E-state index in [4.69, 9.17) is 14.0 Å². The van der Waals surface area contributed by atoms with Crippen LogP contribution in [0.15, 0.2) is 22.7 Å². The monoisotopic (exact) mass is 329 g/mol. The van der Waals surface area contributed by atoms with Gasteiger partial charge in [0.25, 0.3) is 5.91 Å². The molecule has 1 aliphatic heterocycles. The Labute approximate surface area is 139 Å². The van der Waals surface area contributed by atoms with Crippen molar-refractivity contribution in [3.05, 3.63) is 35.5 Å². The maximum atomic E-state index is 12.7. The van der Waals surface area contributed by atoms with Crippen LogP contribution in [0.3, 0.4) is 0 Å². The maximum absolute atomic E-state index is 12.7. The standard InChI is InChI=1S/C17H19N3O4/c1-11-18-16(20-24-11)17(6-2-7-17)19-15(21)12-4-5-13-14(10-12)23-9-3-8-22-13/h4-5,10H,2-3,6-9H2,1H3,(H,19,21). The smallest absolute Gasteiger partial charge is 0.252 e. The van der Waals surface area contributed by atoms with Gasteiger partial charge < -0.3 is 19.3 Å². The van der Waals surface area contributed by atoms with Crippen LogP contribution in [-0.2, 0) is 5.54 Å². The molecular formula is C17H19N3O4. The Morgan fingerprint density at radius 2 is 1.96 bits per heavy atom. The number of carbonyl (C=O) groups excluding carboxylic acids is 1. The highest BCUT2D eigenvalue weighted by molar-refractivity contribution is 5.95. The molecule has 2 aliphatic rings. The predicted octanol–water partition coefficient (Wildman–Crippen LogP) is 2.35. The highest BCUT2D eigenvalue weighted by atomic mass is 16.5. The average Bonchev–Trinajstić information content (AvgIpc) is 2.84. The van der Waals surface area contributed by atoms with Crippen LogP contribution in [0.2, 0.25) is 0 Å². The Morgan fingerprint density at radius 3 is 2.62 bits per heavy atom. The average molecular weight is 329 g/mol. The van der Waals surface area contributed by atoms with Crippen LogP contribution < -0.4 is 14.8 Å². The molecular weight excluding hydrogens is 310 g/mol. The fourth-order valence-electron chi connectivity index (χ4n) is 3.02. The lowest BCUT2D eigenvalue weighted by atomic mass is 9.76. The molecule has 0 unspecified atom stereocenters. The minimum Gasteiger partial charge on any atom is -0.490 e. The lowest BCUT2D eigenvalue weighted by Crippen LogP contribution is -2.51. The van der Waals surface area contributed by atoms with E-state index >= 15 is 0 Å². The van der Waals surface area contributed by atoms with Crippen molar-refractivity contribution in [3.8, 4) is 11.5 Å². The van der Waals surface area contributed by atoms with E-state index in [2.05, 4.69) is 15.5 Å². The molecule has 1 saturated carbocycles. The van der Waals surface area contributed by atoms with Gasteiger partial charge in [-0.25, -0.2) is 0 Å². The van der Waals surface area contributed by atoms with E-state index in [1.165, 1.54) is 0 Å². The molecule has 1 amide bonds. The van der Waals surface area contributed by atoms with Crippen LogP contribution in [0.5, 0.6) is 11.5 Å². The number of nitrogens with one attached hydrogen (secondary N) is 1. The van der Waals surface area contributed by atoms with Gasteiger partial charge in [-0.3, -0.25) is 4.79 Å². The number of benzene rings is 1. The van der Waals surface area contributed by atoms with Crippen molar-refractivity contribution in [1.82, 2.24) is 15.5 Å². The summed E-state index contributed by atoms with van der Waals surface area (Å²) >= 11 is 0. The molecule has 2 heterocycles. The van der Waals surface area contributed by atoms with Gasteiger partial charge in [0.1, 0.15) is 5.54 Å². The van der Waals surface area contributed by atoms with Crippen molar-refractivity contribution in [2.45, 2.75) is 38.1 Å². The minimum absolute atomic E-state index is 0.173. The van der Waals surface area contributed by atoms with Gasteiger partial charge in [-0.15, -0.1) is 0 Å². The van der Waals surface area contributed by atoms with Crippen LogP contribution in [-0.4, -0.2) is 29.3 Å². The molecule has 2 aromatic rings. The molecule has 1 fully saturated rings. The Hall–Kier alpha value is -2.57. The van der Waals surface area contributed by atoms with E-state index in [-0.39, 0.29) is 5.91 Å². The topological polar surface area (TPSA) is 86.5 Å². The summed E-state index contributed by atoms with van der Waals surface area (Å²) < 4.78 is 16.3. The van der Waals surface area contributed by atoms with Crippen molar-refractivity contribution in [1.29, 1.82) is 0 Å². The zero-order valence-electron chi connectivity index (χ0n) is 13.5. The van der Waals surface area contributed by atoms with Gasteiger partial charge in [0.05, 0.1) is 13.2 Å². The maximum Gasteiger partial charge on any atom is 0.252 e. The summed E-state index contributed by atoms with van der Waals surface area (Å²) in [5.41, 5.74) is 0.00432. The van der Waals surface area contributed by atoms with Crippen molar-refractivity contribution in [2.75, 3.05) is 13.2 Å². The van der Waals surface area contributed by atoms with Crippen LogP contribution in [0.1, 0.15) is 47.8 Å². The molecule has 0 spiro atoms. The fourth-order valence-corrected chi connectivity index (χ4v) is 3.02. The number of nitrogens with zero attached hydrogens (tertiary/aromatic N) is 2. The number of carbonyl (C=O) groups is 1. The molecule has 1 aromatic heterocycles. The number of hydrogen-bond acceptors (Lipinski definition) is 6. The van der Waals surface area contributed by atoms with Crippen LogP contribution in [0.4, 0.5) is 0 Å². The van der Waals surface area contributed by atoms with Crippen molar-refractivity contribution in [2.24, 2.45) is 0 Å². The summed E-state index contributed by atoms with van der Waals surface area (Å²) in [4.78, 5) is 17.0. The van der Waals surface area contributed by atoms with Gasteiger partial charge in [-0.1, -0.05) is 5.16 Å². The summed E-state index contributed by atoms with van der Waals surface area (Å²) in [6.45, 7) is 2.96. The molecule has 0 atom stereocenters. The van der Waals surface area contributed by atoms with E-state index in [0.717, 1.165) is 25.7 Å². The molecule has 126 valence electrons. The van der Waals surface area contributed by atoms with Gasteiger partial charge in [-0.2, -0.15) is 4.98 Å². The Morgan fingerprint density at radius 1 is 1.17 bits per heavy atom. The minimum atomic E-state index is -0.529. The molecule has 24 heavy (non-hydrogen) atoms.